The van der Waals surface area contributed by atoms with Crippen LogP contribution in [0.5, 0.6) is 0 Å². The zero-order valence-electron chi connectivity index (χ0n) is 16.6. The highest BCUT2D eigenvalue weighted by Gasteiger charge is 2.21. The number of nitrogen functional groups attached to an aromatic ring is 1. The fourth-order valence-corrected chi connectivity index (χ4v) is 4.42. The molecule has 1 amide bonds. The van der Waals surface area contributed by atoms with Gasteiger partial charge in [0.15, 0.2) is 0 Å². The Kier molecular flexibility index (Phi) is 4.98. The van der Waals surface area contributed by atoms with Gasteiger partial charge in [0, 0.05) is 48.3 Å². The van der Waals surface area contributed by atoms with Crippen molar-refractivity contribution in [3.05, 3.63) is 82.1 Å². The summed E-state index contributed by atoms with van der Waals surface area (Å²) in [4.78, 5) is 28.0. The summed E-state index contributed by atoms with van der Waals surface area (Å²) < 4.78 is 0. The van der Waals surface area contributed by atoms with Gasteiger partial charge in [0.25, 0.3) is 5.91 Å². The molecule has 152 valence electrons. The van der Waals surface area contributed by atoms with Crippen molar-refractivity contribution in [1.82, 2.24) is 19.9 Å². The Labute approximate surface area is 183 Å². The molecule has 0 unspecified atom stereocenters. The summed E-state index contributed by atoms with van der Waals surface area (Å²) >= 11 is 1.42. The highest BCUT2D eigenvalue weighted by atomic mass is 32.1. The minimum atomic E-state index is 0.0415. The third-order valence-corrected chi connectivity index (χ3v) is 6.22. The predicted octanol–water partition coefficient (Wildman–Crippen LogP) is 3.93. The number of pyridine rings is 2. The number of rotatable bonds is 2. The van der Waals surface area contributed by atoms with Gasteiger partial charge in [0.2, 0.25) is 0 Å². The van der Waals surface area contributed by atoms with E-state index in [2.05, 4.69) is 32.9 Å². The van der Waals surface area contributed by atoms with Crippen LogP contribution in [0.25, 0.3) is 16.5 Å². The maximum atomic E-state index is 12.9. The molecule has 0 spiro atoms. The third kappa shape index (κ3) is 3.93. The Morgan fingerprint density at radius 2 is 2.13 bits per heavy atom. The second-order valence-corrected chi connectivity index (χ2v) is 8.31. The number of aromatic nitrogens is 3. The molecule has 4 aromatic heterocycles. The van der Waals surface area contributed by atoms with Gasteiger partial charge in [-0.25, -0.2) is 4.98 Å². The van der Waals surface area contributed by atoms with Gasteiger partial charge in [0.1, 0.15) is 5.82 Å². The molecular formula is C24H19N5OS. The Bertz CT molecular complexity index is 1360. The summed E-state index contributed by atoms with van der Waals surface area (Å²) in [5.74, 6) is 6.75. The standard InChI is InChI=1S/C24H19N5OS/c25-23-19-14-21(28-20(19)7-11-27-23)17-8-12-29(13-9-17)24(30)22-6-5-18(31-22)4-3-16-2-1-10-26-15-16/h1-2,5-8,10-11,14-15,28H,9,12-13H2,(H2,25,27). The molecule has 0 fully saturated rings. The largest absolute Gasteiger partial charge is 0.383 e. The number of fused-ring (bicyclic) bond motifs is 1. The molecule has 6 nitrogen and oxygen atoms in total. The van der Waals surface area contributed by atoms with Crippen molar-refractivity contribution < 1.29 is 4.79 Å². The smallest absolute Gasteiger partial charge is 0.264 e. The number of nitrogens with zero attached hydrogens (tertiary/aromatic N) is 3. The number of carbonyl (C=O) groups excluding carboxylic acids is 1. The highest BCUT2D eigenvalue weighted by Crippen LogP contribution is 2.28. The fourth-order valence-electron chi connectivity index (χ4n) is 3.59. The molecule has 4 aromatic rings. The van der Waals surface area contributed by atoms with Crippen molar-refractivity contribution in [1.29, 1.82) is 0 Å². The van der Waals surface area contributed by atoms with Crippen molar-refractivity contribution in [3.8, 4) is 11.8 Å². The first-order valence-electron chi connectivity index (χ1n) is 9.91. The van der Waals surface area contributed by atoms with Crippen LogP contribution in [0.3, 0.4) is 0 Å². The molecule has 0 bridgehead atoms. The topological polar surface area (TPSA) is 87.9 Å². The average Bonchev–Trinajstić information content (AvgIpc) is 3.46. The highest BCUT2D eigenvalue weighted by molar-refractivity contribution is 7.14. The maximum absolute atomic E-state index is 12.9. The molecule has 1 aliphatic rings. The Hall–Kier alpha value is -3.89. The number of H-pyrrole nitrogens is 1. The van der Waals surface area contributed by atoms with Crippen LogP contribution in [-0.2, 0) is 0 Å². The molecule has 5 rings (SSSR count). The van der Waals surface area contributed by atoms with Crippen LogP contribution in [-0.4, -0.2) is 38.8 Å². The summed E-state index contributed by atoms with van der Waals surface area (Å²) in [5, 5.41) is 0.926. The third-order valence-electron chi connectivity index (χ3n) is 5.23. The van der Waals surface area contributed by atoms with Crippen LogP contribution in [0.4, 0.5) is 5.82 Å². The number of thiophene rings is 1. The first kappa shape index (κ1) is 19.1. The summed E-state index contributed by atoms with van der Waals surface area (Å²) in [5.41, 5.74) is 10.0. The van der Waals surface area contributed by atoms with Gasteiger partial charge in [-0.1, -0.05) is 17.9 Å². The van der Waals surface area contributed by atoms with E-state index in [0.29, 0.717) is 23.8 Å². The van der Waals surface area contributed by atoms with Crippen LogP contribution in [0.2, 0.25) is 0 Å². The number of amides is 1. The van der Waals surface area contributed by atoms with E-state index in [4.69, 9.17) is 5.73 Å². The molecule has 3 N–H and O–H groups in total. The van der Waals surface area contributed by atoms with Gasteiger partial charge in [0.05, 0.1) is 15.3 Å². The molecule has 5 heterocycles. The number of aromatic amines is 1. The molecule has 31 heavy (non-hydrogen) atoms. The van der Waals surface area contributed by atoms with E-state index < -0.39 is 0 Å². The van der Waals surface area contributed by atoms with E-state index in [1.54, 1.807) is 18.6 Å². The molecule has 0 saturated heterocycles. The molecule has 7 heteroatoms. The molecule has 0 radical (unpaired) electrons. The van der Waals surface area contributed by atoms with Crippen molar-refractivity contribution >= 4 is 39.5 Å². The van der Waals surface area contributed by atoms with Crippen molar-refractivity contribution in [2.24, 2.45) is 0 Å². The zero-order valence-corrected chi connectivity index (χ0v) is 17.4. The van der Waals surface area contributed by atoms with Crippen LogP contribution in [0, 0.1) is 11.8 Å². The molecule has 0 aliphatic carbocycles. The van der Waals surface area contributed by atoms with E-state index in [-0.39, 0.29) is 5.91 Å². The number of hydrogen-bond acceptors (Lipinski definition) is 5. The van der Waals surface area contributed by atoms with Gasteiger partial charge in [-0.05, 0) is 48.4 Å². The van der Waals surface area contributed by atoms with Gasteiger partial charge in [-0.3, -0.25) is 9.78 Å². The first-order chi connectivity index (χ1) is 15.2. The predicted molar refractivity (Wildman–Crippen MR) is 124 cm³/mol. The summed E-state index contributed by atoms with van der Waals surface area (Å²) in [6.45, 7) is 1.24. The first-order valence-corrected chi connectivity index (χ1v) is 10.7. The second-order valence-electron chi connectivity index (χ2n) is 7.23. The minimum absolute atomic E-state index is 0.0415. The summed E-state index contributed by atoms with van der Waals surface area (Å²) in [6, 6.07) is 11.5. The number of nitrogens with two attached hydrogens (primary N) is 1. The van der Waals surface area contributed by atoms with Crippen molar-refractivity contribution in [2.45, 2.75) is 6.42 Å². The van der Waals surface area contributed by atoms with Crippen LogP contribution in [0.15, 0.2) is 61.1 Å². The normalized spacial score (nSPS) is 13.5. The number of nitrogens with one attached hydrogen (secondary N) is 1. The average molecular weight is 426 g/mol. The lowest BCUT2D eigenvalue weighted by molar-refractivity contribution is 0.0777. The maximum Gasteiger partial charge on any atom is 0.264 e. The van der Waals surface area contributed by atoms with E-state index in [0.717, 1.165) is 33.5 Å². The lowest BCUT2D eigenvalue weighted by Gasteiger charge is -2.25. The van der Waals surface area contributed by atoms with Gasteiger partial charge < -0.3 is 15.6 Å². The van der Waals surface area contributed by atoms with Crippen molar-refractivity contribution in [3.63, 3.8) is 0 Å². The zero-order chi connectivity index (χ0) is 21.2. The van der Waals surface area contributed by atoms with Gasteiger partial charge in [-0.15, -0.1) is 11.3 Å². The number of hydrogen-bond donors (Lipinski definition) is 2. The number of anilines is 1. The van der Waals surface area contributed by atoms with Crippen molar-refractivity contribution in [2.75, 3.05) is 18.8 Å². The Morgan fingerprint density at radius 1 is 1.19 bits per heavy atom. The molecule has 0 aromatic carbocycles. The lowest BCUT2D eigenvalue weighted by atomic mass is 10.0. The Morgan fingerprint density at radius 3 is 2.90 bits per heavy atom. The lowest BCUT2D eigenvalue weighted by Crippen LogP contribution is -2.34. The van der Waals surface area contributed by atoms with Crippen LogP contribution < -0.4 is 5.73 Å². The summed E-state index contributed by atoms with van der Waals surface area (Å²) in [7, 11) is 0. The van der Waals surface area contributed by atoms with E-state index >= 15 is 0 Å². The molecule has 0 atom stereocenters. The van der Waals surface area contributed by atoms with E-state index in [9.17, 15) is 4.79 Å². The SMILES string of the molecule is Nc1nccc2[nH]c(C3=CCN(C(=O)c4ccc(C#Cc5cccnc5)s4)CC3)cc12. The Balaban J connectivity index is 1.28. The minimum Gasteiger partial charge on any atom is -0.383 e. The molecular weight excluding hydrogens is 406 g/mol. The van der Waals surface area contributed by atoms with E-state index in [1.165, 1.54) is 16.9 Å². The fraction of sp³-hybridized carbons (Fsp3) is 0.125. The van der Waals surface area contributed by atoms with Crippen LogP contribution in [0.1, 0.15) is 32.2 Å². The van der Waals surface area contributed by atoms with Gasteiger partial charge >= 0.3 is 0 Å². The molecule has 1 aliphatic heterocycles. The number of carbonyl (C=O) groups is 1. The van der Waals surface area contributed by atoms with Gasteiger partial charge in [-0.2, -0.15) is 0 Å². The quantitative estimate of drug-likeness (QED) is 0.476. The molecule has 0 saturated carbocycles. The summed E-state index contributed by atoms with van der Waals surface area (Å²) in [6.07, 6.45) is 8.03. The monoisotopic (exact) mass is 425 g/mol. The second kappa shape index (κ2) is 8.09. The van der Waals surface area contributed by atoms with E-state index in [1.807, 2.05) is 41.3 Å². The van der Waals surface area contributed by atoms with Crippen LogP contribution >= 0.6 is 11.3 Å².